The van der Waals surface area contributed by atoms with Crippen LogP contribution >= 0.6 is 11.3 Å². The Labute approximate surface area is 178 Å². The molecule has 1 aromatic heterocycles. The van der Waals surface area contributed by atoms with Gasteiger partial charge in [-0.15, -0.1) is 17.3 Å². The second kappa shape index (κ2) is 8.08. The van der Waals surface area contributed by atoms with Crippen molar-refractivity contribution >= 4 is 11.3 Å². The van der Waals surface area contributed by atoms with Gasteiger partial charge in [0, 0.05) is 28.4 Å². The number of benzene rings is 1. The molecule has 0 unspecified atom stereocenters. The first-order valence-corrected chi connectivity index (χ1v) is 10.8. The van der Waals surface area contributed by atoms with E-state index in [0.29, 0.717) is 5.56 Å². The topological polar surface area (TPSA) is 15.3 Å². The van der Waals surface area contributed by atoms with Gasteiger partial charge >= 0.3 is 0 Å². The number of hydrogen-bond donors (Lipinski definition) is 1. The summed E-state index contributed by atoms with van der Waals surface area (Å²) in [5, 5.41) is 3.65. The van der Waals surface area contributed by atoms with Crippen LogP contribution in [0.5, 0.6) is 0 Å². The van der Waals surface area contributed by atoms with E-state index in [4.69, 9.17) is 0 Å². The van der Waals surface area contributed by atoms with E-state index in [-0.39, 0.29) is 17.3 Å². The maximum absolute atomic E-state index is 14.1. The van der Waals surface area contributed by atoms with E-state index in [1.807, 2.05) is 35.4 Å². The summed E-state index contributed by atoms with van der Waals surface area (Å²) in [6, 6.07) is 7.47. The van der Waals surface area contributed by atoms with Crippen LogP contribution in [0.2, 0.25) is 0 Å². The van der Waals surface area contributed by atoms with Crippen molar-refractivity contribution in [1.29, 1.82) is 0 Å². The molecular weight excluding hydrogens is 379 g/mol. The van der Waals surface area contributed by atoms with Crippen LogP contribution < -0.4 is 5.32 Å². The van der Waals surface area contributed by atoms with E-state index in [9.17, 15) is 4.39 Å². The van der Waals surface area contributed by atoms with Crippen LogP contribution in [0.1, 0.15) is 49.4 Å². The SMILES string of the molecule is C=C1N[C@](C)(c2cc(-c3ccc(F)c(C#CC)c3)c(CC)s2)[C@@H](CC)C(=C)N1C. The van der Waals surface area contributed by atoms with Crippen LogP contribution in [0.15, 0.2) is 48.9 Å². The summed E-state index contributed by atoms with van der Waals surface area (Å²) in [7, 11) is 2.01. The van der Waals surface area contributed by atoms with Crippen molar-refractivity contribution in [3.05, 3.63) is 70.1 Å². The molecule has 1 N–H and O–H groups in total. The van der Waals surface area contributed by atoms with Gasteiger partial charge in [0.15, 0.2) is 0 Å². The second-order valence-electron chi connectivity index (χ2n) is 7.66. The molecule has 1 saturated heterocycles. The van der Waals surface area contributed by atoms with Crippen molar-refractivity contribution in [2.75, 3.05) is 7.05 Å². The van der Waals surface area contributed by atoms with Gasteiger partial charge in [-0.25, -0.2) is 4.39 Å². The largest absolute Gasteiger partial charge is 0.361 e. The van der Waals surface area contributed by atoms with Gasteiger partial charge in [-0.2, -0.15) is 0 Å². The molecular formula is C25H29FN2S. The molecule has 0 bridgehead atoms. The molecule has 1 aliphatic rings. The van der Waals surface area contributed by atoms with Gasteiger partial charge in [0.25, 0.3) is 0 Å². The predicted octanol–water partition coefficient (Wildman–Crippen LogP) is 6.25. The van der Waals surface area contributed by atoms with Crippen LogP contribution in [-0.2, 0) is 12.0 Å². The molecule has 2 nitrogen and oxygen atoms in total. The Morgan fingerprint density at radius 1 is 1.28 bits per heavy atom. The van der Waals surface area contributed by atoms with Gasteiger partial charge in [-0.1, -0.05) is 39.0 Å². The Balaban J connectivity index is 2.13. The summed E-state index contributed by atoms with van der Waals surface area (Å²) in [5.74, 6) is 6.51. The van der Waals surface area contributed by atoms with Gasteiger partial charge in [0.2, 0.25) is 0 Å². The van der Waals surface area contributed by atoms with Crippen molar-refractivity contribution in [2.24, 2.45) is 5.92 Å². The molecule has 2 heterocycles. The van der Waals surface area contributed by atoms with Gasteiger partial charge in [0.05, 0.1) is 16.9 Å². The third-order valence-electron chi connectivity index (χ3n) is 5.93. The van der Waals surface area contributed by atoms with E-state index in [2.05, 4.69) is 57.2 Å². The fraction of sp³-hybridized carbons (Fsp3) is 0.360. The van der Waals surface area contributed by atoms with Gasteiger partial charge in [-0.3, -0.25) is 0 Å². The van der Waals surface area contributed by atoms with Crippen molar-refractivity contribution in [2.45, 2.75) is 46.1 Å². The fourth-order valence-corrected chi connectivity index (χ4v) is 5.48. The lowest BCUT2D eigenvalue weighted by molar-refractivity contribution is 0.182. The first kappa shape index (κ1) is 21.2. The van der Waals surface area contributed by atoms with Crippen LogP contribution in [0.4, 0.5) is 4.39 Å². The van der Waals surface area contributed by atoms with Gasteiger partial charge in [-0.05, 0) is 56.0 Å². The zero-order valence-electron chi connectivity index (χ0n) is 17.9. The molecule has 0 aliphatic carbocycles. The molecule has 1 fully saturated rings. The first-order chi connectivity index (χ1) is 13.8. The van der Waals surface area contributed by atoms with E-state index < -0.39 is 0 Å². The Kier molecular flexibility index (Phi) is 5.91. The highest BCUT2D eigenvalue weighted by molar-refractivity contribution is 7.12. The molecule has 1 aromatic carbocycles. The Bertz CT molecular complexity index is 1020. The second-order valence-corrected chi connectivity index (χ2v) is 8.79. The zero-order chi connectivity index (χ0) is 21.3. The fourth-order valence-electron chi connectivity index (χ4n) is 4.20. The monoisotopic (exact) mass is 408 g/mol. The van der Waals surface area contributed by atoms with Crippen molar-refractivity contribution in [3.8, 4) is 23.0 Å². The summed E-state index contributed by atoms with van der Waals surface area (Å²) in [6.45, 7) is 16.8. The summed E-state index contributed by atoms with van der Waals surface area (Å²) in [5.41, 5.74) is 3.39. The summed E-state index contributed by atoms with van der Waals surface area (Å²) in [4.78, 5) is 4.58. The highest BCUT2D eigenvalue weighted by Crippen LogP contribution is 2.46. The minimum Gasteiger partial charge on any atom is -0.361 e. The Morgan fingerprint density at radius 3 is 2.62 bits per heavy atom. The molecule has 1 aliphatic heterocycles. The minimum atomic E-state index is -0.283. The number of halogens is 1. The molecule has 4 heteroatoms. The lowest BCUT2D eigenvalue weighted by atomic mass is 9.78. The van der Waals surface area contributed by atoms with Crippen LogP contribution in [0.3, 0.4) is 0 Å². The maximum atomic E-state index is 14.1. The van der Waals surface area contributed by atoms with Crippen LogP contribution in [-0.4, -0.2) is 11.9 Å². The van der Waals surface area contributed by atoms with Crippen molar-refractivity contribution in [1.82, 2.24) is 10.2 Å². The lowest BCUT2D eigenvalue weighted by Gasteiger charge is -2.48. The third-order valence-corrected chi connectivity index (χ3v) is 7.44. The van der Waals surface area contributed by atoms with Crippen molar-refractivity contribution in [3.63, 3.8) is 0 Å². The number of aryl methyl sites for hydroxylation is 1. The minimum absolute atomic E-state index is 0.254. The molecule has 3 rings (SSSR count). The summed E-state index contributed by atoms with van der Waals surface area (Å²) >= 11 is 1.81. The highest BCUT2D eigenvalue weighted by atomic mass is 32.1. The zero-order valence-corrected chi connectivity index (χ0v) is 18.8. The average Bonchev–Trinajstić information content (AvgIpc) is 3.14. The normalized spacial score (nSPS) is 21.6. The molecule has 152 valence electrons. The predicted molar refractivity (Wildman–Crippen MR) is 122 cm³/mol. The third kappa shape index (κ3) is 3.60. The smallest absolute Gasteiger partial charge is 0.138 e. The number of rotatable bonds is 4. The number of nitrogens with one attached hydrogen (secondary N) is 1. The molecule has 2 aromatic rings. The van der Waals surface area contributed by atoms with Gasteiger partial charge < -0.3 is 10.2 Å². The summed E-state index contributed by atoms with van der Waals surface area (Å²) < 4.78 is 14.1. The average molecular weight is 409 g/mol. The highest BCUT2D eigenvalue weighted by Gasteiger charge is 2.43. The molecule has 0 radical (unpaired) electrons. The molecule has 0 saturated carbocycles. The van der Waals surface area contributed by atoms with Crippen LogP contribution in [0.25, 0.3) is 11.1 Å². The molecule has 0 amide bonds. The van der Waals surface area contributed by atoms with E-state index in [0.717, 1.165) is 35.5 Å². The molecule has 2 atom stereocenters. The standard InChI is InChI=1S/C25H29FN2S/c1-8-11-19-14-18(12-13-22(19)26)20-15-24(29-23(20)10-3)25(6)21(9-2)16(4)28(7)17(5)27-25/h12-15,21,27H,4-5,9-10H2,1-3,6-7H3/t21-,25-/m0/s1. The molecule has 0 spiro atoms. The number of thiophene rings is 1. The number of hydrogen-bond acceptors (Lipinski definition) is 3. The van der Waals surface area contributed by atoms with E-state index in [1.165, 1.54) is 15.8 Å². The molecule has 29 heavy (non-hydrogen) atoms. The Hall–Kier alpha value is -2.51. The maximum Gasteiger partial charge on any atom is 0.138 e. The number of nitrogens with zero attached hydrogens (tertiary/aromatic N) is 1. The van der Waals surface area contributed by atoms with Crippen molar-refractivity contribution < 1.29 is 4.39 Å². The quantitative estimate of drug-likeness (QED) is 0.602. The Morgan fingerprint density at radius 2 is 2.00 bits per heavy atom. The first-order valence-electron chi connectivity index (χ1n) is 10.0. The van der Waals surface area contributed by atoms with Gasteiger partial charge in [0.1, 0.15) is 5.82 Å². The lowest BCUT2D eigenvalue weighted by Crippen LogP contribution is -2.54. The summed E-state index contributed by atoms with van der Waals surface area (Å²) in [6.07, 6.45) is 1.89. The van der Waals surface area contributed by atoms with E-state index >= 15 is 0 Å². The van der Waals surface area contributed by atoms with Crippen LogP contribution in [0, 0.1) is 23.6 Å². The van der Waals surface area contributed by atoms with E-state index in [1.54, 1.807) is 6.92 Å².